The lowest BCUT2D eigenvalue weighted by atomic mass is 10.1. The molecule has 0 bridgehead atoms. The highest BCUT2D eigenvalue weighted by atomic mass is 79.9. The highest BCUT2D eigenvalue weighted by molar-refractivity contribution is 9.10. The zero-order valence-electron chi connectivity index (χ0n) is 8.73. The molecule has 1 aromatic carbocycles. The average molecular weight is 306 g/mol. The van der Waals surface area contributed by atoms with E-state index >= 15 is 0 Å². The Morgan fingerprint density at radius 1 is 1.44 bits per heavy atom. The van der Waals surface area contributed by atoms with Crippen molar-refractivity contribution in [2.45, 2.75) is 0 Å². The van der Waals surface area contributed by atoms with Gasteiger partial charge in [0.25, 0.3) is 0 Å². The van der Waals surface area contributed by atoms with Crippen LogP contribution in [0.3, 0.4) is 0 Å². The zero-order chi connectivity index (χ0) is 12.7. The Bertz CT molecular complexity index is 837. The van der Waals surface area contributed by atoms with E-state index in [0.717, 1.165) is 0 Å². The molecule has 0 unspecified atom stereocenters. The van der Waals surface area contributed by atoms with Gasteiger partial charge in [-0.3, -0.25) is 4.98 Å². The van der Waals surface area contributed by atoms with Crippen molar-refractivity contribution in [2.24, 2.45) is 0 Å². The van der Waals surface area contributed by atoms with Crippen molar-refractivity contribution >= 4 is 27.0 Å². The maximum Gasteiger partial charge on any atom is 0.417 e. The van der Waals surface area contributed by atoms with Crippen LogP contribution in [0.1, 0.15) is 5.69 Å². The van der Waals surface area contributed by atoms with Crippen molar-refractivity contribution < 1.29 is 8.94 Å². The number of nitrogens with zero attached hydrogens (tertiary/aromatic N) is 2. The lowest BCUT2D eigenvalue weighted by Crippen LogP contribution is -1.92. The second-order valence-corrected chi connectivity index (χ2v) is 4.30. The fourth-order valence-corrected chi connectivity index (χ4v) is 2.08. The van der Waals surface area contributed by atoms with Crippen molar-refractivity contribution in [3.05, 3.63) is 38.9 Å². The Labute approximate surface area is 108 Å². The van der Waals surface area contributed by atoms with Gasteiger partial charge in [-0.2, -0.15) is 5.26 Å². The molecule has 3 rings (SSSR count). The van der Waals surface area contributed by atoms with Gasteiger partial charge in [0.15, 0.2) is 17.0 Å². The number of hydrogen-bond donors (Lipinski definition) is 1. The summed E-state index contributed by atoms with van der Waals surface area (Å²) in [5.74, 6) is -0.103. The second kappa shape index (κ2) is 3.85. The standard InChI is InChI=1S/C11H4BrN3O3/c12-9-7(4-13)15-18-10(9)5-1-2-6-8(3-5)17-11(16)14-6/h1-3H,(H,14,16). The molecule has 2 aromatic heterocycles. The first-order valence-corrected chi connectivity index (χ1v) is 5.67. The van der Waals surface area contributed by atoms with E-state index in [2.05, 4.69) is 26.1 Å². The second-order valence-electron chi connectivity index (χ2n) is 3.51. The average Bonchev–Trinajstić information content (AvgIpc) is 2.89. The molecule has 0 saturated carbocycles. The summed E-state index contributed by atoms with van der Waals surface area (Å²) in [6, 6.07) is 6.96. The number of aromatic nitrogens is 2. The van der Waals surface area contributed by atoms with E-state index in [0.29, 0.717) is 26.9 Å². The van der Waals surface area contributed by atoms with Crippen LogP contribution < -0.4 is 5.76 Å². The van der Waals surface area contributed by atoms with E-state index in [1.807, 2.05) is 6.07 Å². The van der Waals surface area contributed by atoms with Crippen LogP contribution >= 0.6 is 15.9 Å². The summed E-state index contributed by atoms with van der Waals surface area (Å²) in [6.07, 6.45) is 0. The first-order chi connectivity index (χ1) is 8.69. The fraction of sp³-hybridized carbons (Fsp3) is 0. The predicted molar refractivity (Wildman–Crippen MR) is 64.7 cm³/mol. The van der Waals surface area contributed by atoms with Gasteiger partial charge in [0.1, 0.15) is 10.5 Å². The molecule has 0 fully saturated rings. The molecule has 3 aromatic rings. The van der Waals surface area contributed by atoms with Crippen LogP contribution in [0, 0.1) is 11.3 Å². The number of hydrogen-bond acceptors (Lipinski definition) is 5. The minimum atomic E-state index is -0.517. The number of rotatable bonds is 1. The van der Waals surface area contributed by atoms with E-state index < -0.39 is 5.76 Å². The van der Waals surface area contributed by atoms with Crippen molar-refractivity contribution in [2.75, 3.05) is 0 Å². The largest absolute Gasteiger partial charge is 0.417 e. The van der Waals surface area contributed by atoms with Crippen molar-refractivity contribution in [3.63, 3.8) is 0 Å². The third-order valence-electron chi connectivity index (χ3n) is 2.42. The van der Waals surface area contributed by atoms with Crippen LogP contribution in [0.25, 0.3) is 22.4 Å². The maximum absolute atomic E-state index is 11.0. The molecular formula is C11H4BrN3O3. The van der Waals surface area contributed by atoms with Crippen LogP contribution in [-0.4, -0.2) is 10.1 Å². The Hall–Kier alpha value is -2.33. The van der Waals surface area contributed by atoms with Gasteiger partial charge in [-0.05, 0) is 34.1 Å². The molecule has 88 valence electrons. The Morgan fingerprint density at radius 2 is 2.28 bits per heavy atom. The third kappa shape index (κ3) is 1.55. The van der Waals surface area contributed by atoms with Crippen LogP contribution in [0.2, 0.25) is 0 Å². The van der Waals surface area contributed by atoms with E-state index in [1.54, 1.807) is 18.2 Å². The fourth-order valence-electron chi connectivity index (χ4n) is 1.61. The Morgan fingerprint density at radius 3 is 3.00 bits per heavy atom. The van der Waals surface area contributed by atoms with Gasteiger partial charge < -0.3 is 8.94 Å². The summed E-state index contributed by atoms with van der Waals surface area (Å²) in [6.45, 7) is 0. The molecule has 1 N–H and O–H groups in total. The lowest BCUT2D eigenvalue weighted by Gasteiger charge is -1.95. The highest BCUT2D eigenvalue weighted by Crippen LogP contribution is 2.32. The van der Waals surface area contributed by atoms with Gasteiger partial charge in [-0.25, -0.2) is 4.79 Å². The summed E-state index contributed by atoms with van der Waals surface area (Å²) >= 11 is 3.24. The summed E-state index contributed by atoms with van der Waals surface area (Å²) in [4.78, 5) is 13.6. The first-order valence-electron chi connectivity index (χ1n) is 4.87. The van der Waals surface area contributed by atoms with E-state index in [9.17, 15) is 4.79 Å². The van der Waals surface area contributed by atoms with Gasteiger partial charge in [0.2, 0.25) is 0 Å². The number of halogens is 1. The van der Waals surface area contributed by atoms with Gasteiger partial charge in [-0.1, -0.05) is 5.16 Å². The smallest absolute Gasteiger partial charge is 0.408 e. The first kappa shape index (κ1) is 10.8. The van der Waals surface area contributed by atoms with E-state index in [4.69, 9.17) is 14.2 Å². The number of fused-ring (bicyclic) bond motifs is 1. The number of nitriles is 1. The monoisotopic (exact) mass is 305 g/mol. The maximum atomic E-state index is 11.0. The Kier molecular flexibility index (Phi) is 2.31. The highest BCUT2D eigenvalue weighted by Gasteiger charge is 2.16. The molecule has 2 heterocycles. The molecule has 0 aliphatic rings. The molecule has 0 aliphatic heterocycles. The Balaban J connectivity index is 2.22. The number of H-pyrrole nitrogens is 1. The quantitative estimate of drug-likeness (QED) is 0.744. The SMILES string of the molecule is N#Cc1noc(-c2ccc3[nH]c(=O)oc3c2)c1Br. The zero-order valence-corrected chi connectivity index (χ0v) is 10.3. The van der Waals surface area contributed by atoms with Crippen molar-refractivity contribution in [1.82, 2.24) is 10.1 Å². The number of oxazole rings is 1. The van der Waals surface area contributed by atoms with Crippen LogP contribution in [0.4, 0.5) is 0 Å². The van der Waals surface area contributed by atoms with Gasteiger partial charge in [-0.15, -0.1) is 0 Å². The molecule has 0 spiro atoms. The molecule has 0 saturated heterocycles. The van der Waals surface area contributed by atoms with Gasteiger partial charge in [0, 0.05) is 5.56 Å². The van der Waals surface area contributed by atoms with Gasteiger partial charge >= 0.3 is 5.76 Å². The van der Waals surface area contributed by atoms with Crippen LogP contribution in [0.15, 0.2) is 36.4 Å². The normalized spacial score (nSPS) is 10.7. The molecule has 6 nitrogen and oxygen atoms in total. The molecule has 0 radical (unpaired) electrons. The van der Waals surface area contributed by atoms with Gasteiger partial charge in [0.05, 0.1) is 5.52 Å². The summed E-state index contributed by atoms with van der Waals surface area (Å²) in [7, 11) is 0. The minimum absolute atomic E-state index is 0.167. The summed E-state index contributed by atoms with van der Waals surface area (Å²) < 4.78 is 10.5. The number of benzene rings is 1. The van der Waals surface area contributed by atoms with Crippen LogP contribution in [-0.2, 0) is 0 Å². The number of nitrogens with one attached hydrogen (secondary N) is 1. The minimum Gasteiger partial charge on any atom is -0.408 e. The molecule has 18 heavy (non-hydrogen) atoms. The summed E-state index contributed by atoms with van der Waals surface area (Å²) in [5, 5.41) is 12.4. The third-order valence-corrected chi connectivity index (χ3v) is 3.16. The molecule has 7 heteroatoms. The summed E-state index contributed by atoms with van der Waals surface area (Å²) in [5.41, 5.74) is 1.84. The van der Waals surface area contributed by atoms with E-state index in [1.165, 1.54) is 0 Å². The molecule has 0 aliphatic carbocycles. The van der Waals surface area contributed by atoms with E-state index in [-0.39, 0.29) is 5.69 Å². The molecule has 0 atom stereocenters. The van der Waals surface area contributed by atoms with Crippen molar-refractivity contribution in [1.29, 1.82) is 5.26 Å². The van der Waals surface area contributed by atoms with Crippen molar-refractivity contribution in [3.8, 4) is 17.4 Å². The lowest BCUT2D eigenvalue weighted by molar-refractivity contribution is 0.429. The molecular weight excluding hydrogens is 302 g/mol. The number of aromatic amines is 1. The topological polar surface area (TPSA) is 95.8 Å². The molecule has 0 amide bonds. The van der Waals surface area contributed by atoms with Crippen LogP contribution in [0.5, 0.6) is 0 Å². The predicted octanol–water partition coefficient (Wildman–Crippen LogP) is 2.41.